The van der Waals surface area contributed by atoms with Crippen molar-refractivity contribution < 1.29 is 37.0 Å². The van der Waals surface area contributed by atoms with Gasteiger partial charge in [-0.15, -0.1) is 19.6 Å². The largest absolute Gasteiger partial charge is 0.573 e. The summed E-state index contributed by atoms with van der Waals surface area (Å²) >= 11 is 5.73. The highest BCUT2D eigenvalue weighted by Crippen LogP contribution is 2.42. The number of amides is 1. The van der Waals surface area contributed by atoms with Crippen molar-refractivity contribution in [3.8, 4) is 18.1 Å². The van der Waals surface area contributed by atoms with Crippen LogP contribution in [0.2, 0.25) is 5.02 Å². The quantitative estimate of drug-likeness (QED) is 0.602. The van der Waals surface area contributed by atoms with Gasteiger partial charge in [-0.2, -0.15) is 0 Å². The monoisotopic (exact) mass is 407 g/mol. The summed E-state index contributed by atoms with van der Waals surface area (Å²) < 4.78 is 55.3. The number of rotatable bonds is 4. The molecule has 2 rings (SSSR count). The highest BCUT2D eigenvalue weighted by Gasteiger charge is 2.49. The summed E-state index contributed by atoms with van der Waals surface area (Å²) in [5.41, 5.74) is -2.44. The predicted octanol–water partition coefficient (Wildman–Crippen LogP) is 4.13. The molecule has 1 amide bonds. The number of carboxylic acid groups (broad SMARTS) is 1. The third-order valence-electron chi connectivity index (χ3n) is 4.30. The molecule has 0 bridgehead atoms. The Kier molecular flexibility index (Phi) is 5.90. The lowest BCUT2D eigenvalue weighted by Gasteiger charge is -2.42. The fraction of sp³-hybridized carbons (Fsp3) is 0.412. The number of terminal acetylenes is 1. The van der Waals surface area contributed by atoms with E-state index in [1.165, 1.54) is 0 Å². The zero-order chi connectivity index (χ0) is 20.4. The first kappa shape index (κ1) is 20.8. The maximum absolute atomic E-state index is 14.6. The minimum absolute atomic E-state index is 0.00755. The lowest BCUT2D eigenvalue weighted by molar-refractivity contribution is -0.274. The number of benzene rings is 1. The maximum Gasteiger partial charge on any atom is 0.573 e. The third kappa shape index (κ3) is 4.27. The van der Waals surface area contributed by atoms with E-state index in [-0.39, 0.29) is 12.8 Å². The molecule has 27 heavy (non-hydrogen) atoms. The first-order valence-corrected chi connectivity index (χ1v) is 8.18. The summed E-state index contributed by atoms with van der Waals surface area (Å²) in [5.74, 6) is -3.14. The van der Waals surface area contributed by atoms with Crippen LogP contribution in [0.5, 0.6) is 5.75 Å². The van der Waals surface area contributed by atoms with E-state index in [1.54, 1.807) is 5.92 Å². The van der Waals surface area contributed by atoms with Gasteiger partial charge in [-0.25, -0.2) is 9.18 Å². The number of hydrogen-bond donors (Lipinski definition) is 1. The molecule has 1 N–H and O–H groups in total. The van der Waals surface area contributed by atoms with Gasteiger partial charge in [0.05, 0.1) is 10.7 Å². The van der Waals surface area contributed by atoms with E-state index in [0.29, 0.717) is 36.3 Å². The predicted molar refractivity (Wildman–Crippen MR) is 87.9 cm³/mol. The van der Waals surface area contributed by atoms with E-state index in [2.05, 4.69) is 4.74 Å². The van der Waals surface area contributed by atoms with E-state index in [0.717, 1.165) is 0 Å². The van der Waals surface area contributed by atoms with E-state index in [4.69, 9.17) is 18.0 Å². The molecule has 1 aliphatic carbocycles. The molecule has 0 aliphatic heterocycles. The lowest BCUT2D eigenvalue weighted by Crippen LogP contribution is -2.58. The molecule has 0 atom stereocenters. The molecular formula is C17H14ClF4NO4. The molecule has 10 heteroatoms. The van der Waals surface area contributed by atoms with Crippen molar-refractivity contribution in [2.45, 2.75) is 44.0 Å². The molecule has 0 unspecified atom stereocenters. The van der Waals surface area contributed by atoms with Gasteiger partial charge in [-0.3, -0.25) is 9.69 Å². The van der Waals surface area contributed by atoms with Crippen LogP contribution in [0, 0.1) is 18.2 Å². The van der Waals surface area contributed by atoms with Gasteiger partial charge in [0.15, 0.2) is 11.6 Å². The second kappa shape index (κ2) is 7.64. The van der Waals surface area contributed by atoms with Gasteiger partial charge in [0.2, 0.25) is 0 Å². The number of carboxylic acids is 1. The maximum atomic E-state index is 14.6. The van der Waals surface area contributed by atoms with Crippen molar-refractivity contribution in [1.29, 1.82) is 0 Å². The average Bonchev–Trinajstić information content (AvgIpc) is 2.58. The number of alkyl halides is 3. The number of anilines is 1. The van der Waals surface area contributed by atoms with E-state index in [1.807, 2.05) is 0 Å². The number of carbonyl (C=O) groups excluding carboxylic acids is 1. The Labute approximate surface area is 156 Å². The number of carbonyl (C=O) groups is 2. The molecule has 0 heterocycles. The normalized spacial score (nSPS) is 16.3. The molecule has 0 radical (unpaired) electrons. The summed E-state index contributed by atoms with van der Waals surface area (Å²) in [6.45, 7) is 0. The molecule has 1 aromatic rings. The highest BCUT2D eigenvalue weighted by atomic mass is 35.5. The number of hydrogen-bond acceptors (Lipinski definition) is 3. The fourth-order valence-corrected chi connectivity index (χ4v) is 3.36. The summed E-state index contributed by atoms with van der Waals surface area (Å²) in [7, 11) is 0. The van der Waals surface area contributed by atoms with Gasteiger partial charge in [0.1, 0.15) is 5.54 Å². The Hall–Kier alpha value is -2.47. The van der Waals surface area contributed by atoms with Gasteiger partial charge >= 0.3 is 18.2 Å². The lowest BCUT2D eigenvalue weighted by atomic mass is 9.79. The first-order chi connectivity index (χ1) is 12.5. The van der Waals surface area contributed by atoms with Crippen LogP contribution in [0.15, 0.2) is 12.1 Å². The minimum atomic E-state index is -5.11. The summed E-state index contributed by atoms with van der Waals surface area (Å²) in [4.78, 5) is 24.9. The molecule has 1 aromatic carbocycles. The Morgan fingerprint density at radius 3 is 2.33 bits per heavy atom. The van der Waals surface area contributed by atoms with Crippen LogP contribution >= 0.6 is 11.6 Å². The van der Waals surface area contributed by atoms with Crippen LogP contribution in [-0.2, 0) is 9.59 Å². The highest BCUT2D eigenvalue weighted by molar-refractivity contribution is 6.32. The molecule has 0 spiro atoms. The number of halogens is 5. The van der Waals surface area contributed by atoms with Crippen molar-refractivity contribution >= 4 is 29.2 Å². The van der Waals surface area contributed by atoms with Gasteiger partial charge < -0.3 is 9.84 Å². The number of ether oxygens (including phenoxy) is 1. The van der Waals surface area contributed by atoms with E-state index in [9.17, 15) is 32.3 Å². The molecule has 5 nitrogen and oxygen atoms in total. The summed E-state index contributed by atoms with van der Waals surface area (Å²) in [6, 6.07) is 1.03. The standard InChI is InChI=1S/C17H14ClF4NO4/c1-2-14(24)23(16(15(25)26)6-4-3-5-7-16)12-8-10(18)13(9-11(12)19)27-17(20,21)22/h1,8-9H,3-7H2,(H,25,26). The van der Waals surface area contributed by atoms with Crippen molar-refractivity contribution in [2.75, 3.05) is 4.90 Å². The molecular weight excluding hydrogens is 394 g/mol. The van der Waals surface area contributed by atoms with Crippen LogP contribution in [0.3, 0.4) is 0 Å². The number of aliphatic carboxylic acids is 1. The second-order valence-corrected chi connectivity index (χ2v) is 6.37. The SMILES string of the molecule is C#CC(=O)N(c1cc(Cl)c(OC(F)(F)F)cc1F)C1(C(=O)O)CCCCC1. The topological polar surface area (TPSA) is 66.8 Å². The summed E-state index contributed by atoms with van der Waals surface area (Å²) in [6.07, 6.45) is 1.63. The molecule has 1 fully saturated rings. The Morgan fingerprint density at radius 1 is 1.26 bits per heavy atom. The summed E-state index contributed by atoms with van der Waals surface area (Å²) in [5, 5.41) is 9.08. The molecule has 146 valence electrons. The van der Waals surface area contributed by atoms with E-state index >= 15 is 0 Å². The molecule has 1 aliphatic rings. The van der Waals surface area contributed by atoms with Crippen LogP contribution in [0.4, 0.5) is 23.2 Å². The molecule has 0 aromatic heterocycles. The van der Waals surface area contributed by atoms with E-state index < -0.39 is 46.1 Å². The zero-order valence-electron chi connectivity index (χ0n) is 13.8. The Bertz CT molecular complexity index is 797. The van der Waals surface area contributed by atoms with Crippen LogP contribution in [0.1, 0.15) is 32.1 Å². The van der Waals surface area contributed by atoms with Crippen LogP contribution in [0.25, 0.3) is 0 Å². The Morgan fingerprint density at radius 2 is 1.85 bits per heavy atom. The first-order valence-electron chi connectivity index (χ1n) is 7.81. The van der Waals surface area contributed by atoms with Crippen molar-refractivity contribution in [1.82, 2.24) is 0 Å². The van der Waals surface area contributed by atoms with Crippen molar-refractivity contribution in [3.05, 3.63) is 23.0 Å². The van der Waals surface area contributed by atoms with Gasteiger partial charge in [0.25, 0.3) is 0 Å². The second-order valence-electron chi connectivity index (χ2n) is 5.96. The minimum Gasteiger partial charge on any atom is -0.479 e. The number of nitrogens with zero attached hydrogens (tertiary/aromatic N) is 1. The average molecular weight is 408 g/mol. The smallest absolute Gasteiger partial charge is 0.479 e. The molecule has 1 saturated carbocycles. The third-order valence-corrected chi connectivity index (χ3v) is 4.60. The van der Waals surface area contributed by atoms with Crippen molar-refractivity contribution in [3.63, 3.8) is 0 Å². The van der Waals surface area contributed by atoms with Crippen LogP contribution in [-0.4, -0.2) is 28.9 Å². The molecule has 0 saturated heterocycles. The van der Waals surface area contributed by atoms with Crippen LogP contribution < -0.4 is 9.64 Å². The fourth-order valence-electron chi connectivity index (χ4n) is 3.16. The van der Waals surface area contributed by atoms with Gasteiger partial charge in [-0.05, 0) is 24.8 Å². The van der Waals surface area contributed by atoms with Crippen molar-refractivity contribution in [2.24, 2.45) is 0 Å². The van der Waals surface area contributed by atoms with Gasteiger partial charge in [-0.1, -0.05) is 30.9 Å². The van der Waals surface area contributed by atoms with Gasteiger partial charge in [0, 0.05) is 6.07 Å². The Balaban J connectivity index is 2.61. The zero-order valence-corrected chi connectivity index (χ0v) is 14.5.